The van der Waals surface area contributed by atoms with Crippen LogP contribution in [0.4, 0.5) is 4.79 Å². The third-order valence-corrected chi connectivity index (χ3v) is 4.98. The van der Waals surface area contributed by atoms with Crippen molar-refractivity contribution in [3.63, 3.8) is 0 Å². The van der Waals surface area contributed by atoms with Gasteiger partial charge in [0.15, 0.2) is 0 Å². The van der Waals surface area contributed by atoms with Crippen molar-refractivity contribution < 1.29 is 14.4 Å². The SMILES string of the molecule is CC1(C)NC(=O)N(Cc2ccc(CNC(=O)c3cccc4cn[nH]c34)cc2)C1=O. The molecule has 0 spiro atoms. The predicted octanol–water partition coefficient (Wildman–Crippen LogP) is 2.32. The van der Waals surface area contributed by atoms with Crippen molar-refractivity contribution in [3.8, 4) is 0 Å². The van der Waals surface area contributed by atoms with E-state index in [4.69, 9.17) is 0 Å². The summed E-state index contributed by atoms with van der Waals surface area (Å²) in [4.78, 5) is 38.0. The topological polar surface area (TPSA) is 107 Å². The van der Waals surface area contributed by atoms with Crippen molar-refractivity contribution in [1.82, 2.24) is 25.7 Å². The van der Waals surface area contributed by atoms with E-state index in [1.54, 1.807) is 26.1 Å². The lowest BCUT2D eigenvalue weighted by molar-refractivity contribution is -0.130. The Hall–Kier alpha value is -3.68. The highest BCUT2D eigenvalue weighted by atomic mass is 16.2. The lowest BCUT2D eigenvalue weighted by atomic mass is 10.1. The van der Waals surface area contributed by atoms with Crippen LogP contribution in [0.3, 0.4) is 0 Å². The van der Waals surface area contributed by atoms with Crippen LogP contribution in [0.15, 0.2) is 48.7 Å². The number of hydrogen-bond donors (Lipinski definition) is 3. The second kappa shape index (κ2) is 7.05. The molecule has 8 nitrogen and oxygen atoms in total. The van der Waals surface area contributed by atoms with Crippen molar-refractivity contribution in [3.05, 3.63) is 65.4 Å². The van der Waals surface area contributed by atoms with Gasteiger partial charge in [-0.15, -0.1) is 0 Å². The van der Waals surface area contributed by atoms with Crippen LogP contribution >= 0.6 is 0 Å². The van der Waals surface area contributed by atoms with Crippen LogP contribution in [0.1, 0.15) is 35.3 Å². The molecule has 0 unspecified atom stereocenters. The molecule has 3 N–H and O–H groups in total. The van der Waals surface area contributed by atoms with Gasteiger partial charge >= 0.3 is 6.03 Å². The lowest BCUT2D eigenvalue weighted by Crippen LogP contribution is -2.40. The Balaban J connectivity index is 1.39. The first-order valence-electron chi connectivity index (χ1n) is 9.27. The molecule has 2 heterocycles. The van der Waals surface area contributed by atoms with E-state index in [0.29, 0.717) is 17.6 Å². The first-order chi connectivity index (χ1) is 13.8. The summed E-state index contributed by atoms with van der Waals surface area (Å²) < 4.78 is 0. The van der Waals surface area contributed by atoms with Gasteiger partial charge in [0.2, 0.25) is 0 Å². The van der Waals surface area contributed by atoms with Crippen LogP contribution in [0.2, 0.25) is 0 Å². The minimum absolute atomic E-state index is 0.189. The highest BCUT2D eigenvalue weighted by molar-refractivity contribution is 6.06. The highest BCUT2D eigenvalue weighted by Crippen LogP contribution is 2.20. The van der Waals surface area contributed by atoms with Gasteiger partial charge in [0.25, 0.3) is 11.8 Å². The van der Waals surface area contributed by atoms with E-state index >= 15 is 0 Å². The maximum Gasteiger partial charge on any atom is 0.325 e. The van der Waals surface area contributed by atoms with Gasteiger partial charge in [-0.1, -0.05) is 36.4 Å². The molecule has 4 amide bonds. The smallest absolute Gasteiger partial charge is 0.325 e. The predicted molar refractivity (Wildman–Crippen MR) is 107 cm³/mol. The Morgan fingerprint density at radius 2 is 1.83 bits per heavy atom. The number of H-pyrrole nitrogens is 1. The lowest BCUT2D eigenvalue weighted by Gasteiger charge is -2.16. The van der Waals surface area contributed by atoms with Gasteiger partial charge in [-0.05, 0) is 31.0 Å². The molecule has 4 rings (SSSR count). The molecule has 0 atom stereocenters. The molecule has 1 fully saturated rings. The number of rotatable bonds is 5. The molecule has 2 aromatic carbocycles. The van der Waals surface area contributed by atoms with Crippen LogP contribution < -0.4 is 10.6 Å². The fourth-order valence-electron chi connectivity index (χ4n) is 3.34. The number of amides is 4. The molecule has 1 saturated heterocycles. The largest absolute Gasteiger partial charge is 0.348 e. The third kappa shape index (κ3) is 3.56. The monoisotopic (exact) mass is 391 g/mol. The molecule has 1 aromatic heterocycles. The van der Waals surface area contributed by atoms with Gasteiger partial charge in [0.05, 0.1) is 23.8 Å². The second-order valence-electron chi connectivity index (χ2n) is 7.59. The molecule has 0 aliphatic carbocycles. The molecule has 3 aromatic rings. The van der Waals surface area contributed by atoms with Crippen LogP contribution in [0.25, 0.3) is 10.9 Å². The number of aromatic amines is 1. The van der Waals surface area contributed by atoms with Crippen LogP contribution in [0.5, 0.6) is 0 Å². The summed E-state index contributed by atoms with van der Waals surface area (Å²) in [5.74, 6) is -0.433. The quantitative estimate of drug-likeness (QED) is 0.580. The Morgan fingerprint density at radius 1 is 1.10 bits per heavy atom. The van der Waals surface area contributed by atoms with Crippen LogP contribution in [-0.4, -0.2) is 38.5 Å². The van der Waals surface area contributed by atoms with E-state index in [2.05, 4.69) is 20.8 Å². The van der Waals surface area contributed by atoms with Gasteiger partial charge in [-0.2, -0.15) is 5.10 Å². The number of carbonyl (C=O) groups excluding carboxylic acids is 3. The first kappa shape index (κ1) is 18.7. The molecule has 148 valence electrons. The van der Waals surface area contributed by atoms with Crippen LogP contribution in [-0.2, 0) is 17.9 Å². The summed E-state index contributed by atoms with van der Waals surface area (Å²) in [5.41, 5.74) is 2.12. The minimum Gasteiger partial charge on any atom is -0.348 e. The molecular weight excluding hydrogens is 370 g/mol. The number of imide groups is 1. The number of nitrogens with zero attached hydrogens (tertiary/aromatic N) is 2. The van der Waals surface area contributed by atoms with Crippen molar-refractivity contribution >= 4 is 28.7 Å². The van der Waals surface area contributed by atoms with Crippen molar-refractivity contribution in [2.45, 2.75) is 32.5 Å². The maximum atomic E-state index is 12.5. The zero-order chi connectivity index (χ0) is 20.6. The summed E-state index contributed by atoms with van der Waals surface area (Å²) in [6.07, 6.45) is 1.68. The Bertz CT molecular complexity index is 1100. The van der Waals surface area contributed by atoms with E-state index < -0.39 is 5.54 Å². The average Bonchev–Trinajstić information content (AvgIpc) is 3.25. The fraction of sp³-hybridized carbons (Fsp3) is 0.238. The molecule has 0 saturated carbocycles. The Morgan fingerprint density at radius 3 is 2.52 bits per heavy atom. The second-order valence-corrected chi connectivity index (χ2v) is 7.59. The fourth-order valence-corrected chi connectivity index (χ4v) is 3.34. The number of para-hydroxylation sites is 1. The van der Waals surface area contributed by atoms with E-state index in [1.807, 2.05) is 36.4 Å². The number of benzene rings is 2. The van der Waals surface area contributed by atoms with Gasteiger partial charge in [-0.3, -0.25) is 19.6 Å². The number of fused-ring (bicyclic) bond motifs is 1. The zero-order valence-electron chi connectivity index (χ0n) is 16.2. The van der Waals surface area contributed by atoms with Crippen LogP contribution in [0, 0.1) is 0 Å². The zero-order valence-corrected chi connectivity index (χ0v) is 16.2. The molecule has 29 heavy (non-hydrogen) atoms. The van der Waals surface area contributed by atoms with Crippen molar-refractivity contribution in [2.75, 3.05) is 0 Å². The molecule has 8 heteroatoms. The molecule has 1 aliphatic rings. The van der Waals surface area contributed by atoms with Gasteiger partial charge in [0, 0.05) is 11.9 Å². The molecule has 0 bridgehead atoms. The number of carbonyl (C=O) groups is 3. The minimum atomic E-state index is -0.876. The molecule has 0 radical (unpaired) electrons. The summed E-state index contributed by atoms with van der Waals surface area (Å²) in [5, 5.41) is 13.3. The normalized spacial score (nSPS) is 15.6. The molecular formula is C21H21N5O3. The Labute approximate surface area is 167 Å². The number of aromatic nitrogens is 2. The highest BCUT2D eigenvalue weighted by Gasteiger charge is 2.43. The third-order valence-electron chi connectivity index (χ3n) is 4.98. The van der Waals surface area contributed by atoms with Gasteiger partial charge in [0.1, 0.15) is 5.54 Å². The number of urea groups is 1. The molecule has 1 aliphatic heterocycles. The number of nitrogens with one attached hydrogen (secondary N) is 3. The van der Waals surface area contributed by atoms with Gasteiger partial charge in [-0.25, -0.2) is 4.79 Å². The average molecular weight is 391 g/mol. The summed E-state index contributed by atoms with van der Waals surface area (Å²) in [6, 6.07) is 12.5. The van der Waals surface area contributed by atoms with E-state index in [1.165, 1.54) is 4.90 Å². The standard InChI is InChI=1S/C21H21N5O3/c1-21(2)19(28)26(20(29)24-21)12-14-8-6-13(7-9-14)10-22-18(27)16-5-3-4-15-11-23-25-17(15)16/h3-9,11H,10,12H2,1-2H3,(H,22,27)(H,23,25)(H,24,29). The van der Waals surface area contributed by atoms with E-state index in [0.717, 1.165) is 16.5 Å². The maximum absolute atomic E-state index is 12.5. The van der Waals surface area contributed by atoms with E-state index in [9.17, 15) is 14.4 Å². The summed E-state index contributed by atoms with van der Waals surface area (Å²) in [7, 11) is 0. The van der Waals surface area contributed by atoms with E-state index in [-0.39, 0.29) is 24.4 Å². The van der Waals surface area contributed by atoms with Crippen molar-refractivity contribution in [2.24, 2.45) is 0 Å². The van der Waals surface area contributed by atoms with Gasteiger partial charge < -0.3 is 10.6 Å². The first-order valence-corrected chi connectivity index (χ1v) is 9.27. The summed E-state index contributed by atoms with van der Waals surface area (Å²) >= 11 is 0. The number of hydrogen-bond acceptors (Lipinski definition) is 4. The van der Waals surface area contributed by atoms with Crippen molar-refractivity contribution in [1.29, 1.82) is 0 Å². The Kier molecular flexibility index (Phi) is 4.54. The summed E-state index contributed by atoms with van der Waals surface area (Å²) in [6.45, 7) is 3.94.